The maximum Gasteiger partial charge on any atom is 0.232 e. The van der Waals surface area contributed by atoms with E-state index in [2.05, 4.69) is 48.6 Å². The van der Waals surface area contributed by atoms with E-state index in [0.717, 1.165) is 30.5 Å². The second kappa shape index (κ2) is 8.22. The van der Waals surface area contributed by atoms with Crippen LogP contribution in [0.5, 0.6) is 0 Å². The van der Waals surface area contributed by atoms with Crippen molar-refractivity contribution >= 4 is 5.91 Å². The molecule has 3 atom stereocenters. The second-order valence-corrected chi connectivity index (χ2v) is 8.00. The van der Waals surface area contributed by atoms with E-state index >= 15 is 0 Å². The molecule has 4 rings (SSSR count). The minimum Gasteiger partial charge on any atom is -0.369 e. The van der Waals surface area contributed by atoms with Crippen molar-refractivity contribution in [2.75, 3.05) is 0 Å². The number of rotatable bonds is 6. The van der Waals surface area contributed by atoms with Gasteiger partial charge in [-0.3, -0.25) is 4.79 Å². The lowest BCUT2D eigenvalue weighted by molar-refractivity contribution is -0.124. The number of nitrogens with one attached hydrogen (secondary N) is 1. The average molecular weight is 385 g/mol. The lowest BCUT2D eigenvalue weighted by Gasteiger charge is -2.46. The van der Waals surface area contributed by atoms with Gasteiger partial charge in [-0.15, -0.1) is 0 Å². The first kappa shape index (κ1) is 19.4. The molecule has 0 spiro atoms. The molecule has 29 heavy (non-hydrogen) atoms. The predicted molar refractivity (Wildman–Crippen MR) is 117 cm³/mol. The van der Waals surface area contributed by atoms with E-state index < -0.39 is 5.41 Å². The summed E-state index contributed by atoms with van der Waals surface area (Å²) in [5.74, 6) is -0.199. The van der Waals surface area contributed by atoms with Gasteiger partial charge in [-0.1, -0.05) is 84.9 Å². The van der Waals surface area contributed by atoms with Crippen LogP contribution in [0.2, 0.25) is 0 Å². The van der Waals surface area contributed by atoms with E-state index in [9.17, 15) is 4.79 Å². The van der Waals surface area contributed by atoms with Crippen LogP contribution in [0.25, 0.3) is 0 Å². The molecule has 3 aromatic carbocycles. The summed E-state index contributed by atoms with van der Waals surface area (Å²) in [5.41, 5.74) is 9.89. The molecule has 0 saturated carbocycles. The zero-order valence-electron chi connectivity index (χ0n) is 16.8. The quantitative estimate of drug-likeness (QED) is 0.669. The lowest BCUT2D eigenvalue weighted by atomic mass is 9.57. The van der Waals surface area contributed by atoms with Gasteiger partial charge in [0, 0.05) is 12.6 Å². The molecule has 3 N–H and O–H groups in total. The van der Waals surface area contributed by atoms with E-state index in [1.807, 2.05) is 48.5 Å². The van der Waals surface area contributed by atoms with Gasteiger partial charge in [-0.2, -0.15) is 0 Å². The number of carbonyl (C=O) groups excluding carboxylic acids is 1. The highest BCUT2D eigenvalue weighted by molar-refractivity contribution is 5.92. The Morgan fingerprint density at radius 3 is 2.31 bits per heavy atom. The highest BCUT2D eigenvalue weighted by atomic mass is 16.1. The SMILES string of the molecule is CC(NCc1ccccc1)C1CCc2ccccc2C1(C(N)=O)c1ccccc1. The monoisotopic (exact) mass is 384 g/mol. The van der Waals surface area contributed by atoms with Gasteiger partial charge in [0.25, 0.3) is 0 Å². The van der Waals surface area contributed by atoms with E-state index in [1.165, 1.54) is 11.1 Å². The van der Waals surface area contributed by atoms with Crippen LogP contribution in [0.4, 0.5) is 0 Å². The van der Waals surface area contributed by atoms with Crippen molar-refractivity contribution in [3.8, 4) is 0 Å². The predicted octanol–water partition coefficient (Wildman–Crippen LogP) is 4.20. The first-order chi connectivity index (χ1) is 14.1. The van der Waals surface area contributed by atoms with Crippen molar-refractivity contribution in [3.63, 3.8) is 0 Å². The topological polar surface area (TPSA) is 55.1 Å². The van der Waals surface area contributed by atoms with E-state index in [1.54, 1.807) is 0 Å². The third-order valence-corrected chi connectivity index (χ3v) is 6.42. The molecule has 0 radical (unpaired) electrons. The maximum absolute atomic E-state index is 13.2. The van der Waals surface area contributed by atoms with Gasteiger partial charge in [-0.05, 0) is 47.9 Å². The molecule has 148 valence electrons. The summed E-state index contributed by atoms with van der Waals surface area (Å²) in [6.07, 6.45) is 1.87. The van der Waals surface area contributed by atoms with Crippen molar-refractivity contribution in [2.24, 2.45) is 11.7 Å². The first-order valence-corrected chi connectivity index (χ1v) is 10.3. The van der Waals surface area contributed by atoms with Gasteiger partial charge in [0.05, 0.1) is 0 Å². The zero-order chi connectivity index (χ0) is 20.3. The summed E-state index contributed by atoms with van der Waals surface area (Å²) >= 11 is 0. The van der Waals surface area contributed by atoms with Gasteiger partial charge >= 0.3 is 0 Å². The fourth-order valence-corrected chi connectivity index (χ4v) is 5.02. The number of hydrogen-bond acceptors (Lipinski definition) is 2. The van der Waals surface area contributed by atoms with Crippen LogP contribution in [0, 0.1) is 5.92 Å². The summed E-state index contributed by atoms with van der Waals surface area (Å²) in [7, 11) is 0. The standard InChI is InChI=1S/C26H28N2O/c1-19(28-18-20-10-4-2-5-11-20)23-17-16-21-12-8-9-15-24(21)26(23,25(27)29)22-13-6-3-7-14-22/h2-15,19,23,28H,16-18H2,1H3,(H2,27,29). The fourth-order valence-electron chi connectivity index (χ4n) is 5.02. The molecule has 3 heteroatoms. The molecular weight excluding hydrogens is 356 g/mol. The number of amides is 1. The van der Waals surface area contributed by atoms with Crippen LogP contribution in [0.15, 0.2) is 84.9 Å². The van der Waals surface area contributed by atoms with Crippen molar-refractivity contribution in [2.45, 2.75) is 37.8 Å². The largest absolute Gasteiger partial charge is 0.369 e. The van der Waals surface area contributed by atoms with Crippen LogP contribution < -0.4 is 11.1 Å². The fraction of sp³-hybridized carbons (Fsp3) is 0.269. The number of aryl methyl sites for hydroxylation is 1. The van der Waals surface area contributed by atoms with Gasteiger partial charge in [0.15, 0.2) is 0 Å². The van der Waals surface area contributed by atoms with Crippen LogP contribution in [0.3, 0.4) is 0 Å². The third-order valence-electron chi connectivity index (χ3n) is 6.42. The van der Waals surface area contributed by atoms with E-state index in [0.29, 0.717) is 0 Å². The third kappa shape index (κ3) is 3.47. The molecule has 3 unspecified atom stereocenters. The molecule has 3 aromatic rings. The molecule has 0 aliphatic heterocycles. The van der Waals surface area contributed by atoms with Crippen molar-refractivity contribution in [3.05, 3.63) is 107 Å². The minimum absolute atomic E-state index is 0.0704. The van der Waals surface area contributed by atoms with Crippen LogP contribution >= 0.6 is 0 Å². The second-order valence-electron chi connectivity index (χ2n) is 8.00. The average Bonchev–Trinajstić information content (AvgIpc) is 2.77. The maximum atomic E-state index is 13.2. The summed E-state index contributed by atoms with van der Waals surface area (Å²) in [4.78, 5) is 13.2. The number of carbonyl (C=O) groups is 1. The molecule has 0 bridgehead atoms. The molecule has 0 aromatic heterocycles. The highest BCUT2D eigenvalue weighted by Crippen LogP contribution is 2.47. The number of benzene rings is 3. The Morgan fingerprint density at radius 2 is 1.62 bits per heavy atom. The van der Waals surface area contributed by atoms with Crippen molar-refractivity contribution in [1.29, 1.82) is 0 Å². The molecule has 1 aliphatic rings. The Labute approximate surface area is 173 Å². The molecule has 1 aliphatic carbocycles. The summed E-state index contributed by atoms with van der Waals surface area (Å²) in [6, 6.07) is 28.8. The molecule has 0 heterocycles. The summed E-state index contributed by atoms with van der Waals surface area (Å²) in [5, 5.41) is 3.67. The Hall–Kier alpha value is -2.91. The number of nitrogens with two attached hydrogens (primary N) is 1. The first-order valence-electron chi connectivity index (χ1n) is 10.3. The van der Waals surface area contributed by atoms with Crippen molar-refractivity contribution < 1.29 is 4.79 Å². The van der Waals surface area contributed by atoms with Crippen LogP contribution in [0.1, 0.15) is 35.6 Å². The highest BCUT2D eigenvalue weighted by Gasteiger charge is 2.51. The molecule has 1 amide bonds. The Bertz CT molecular complexity index is 970. The van der Waals surface area contributed by atoms with Gasteiger partial charge in [-0.25, -0.2) is 0 Å². The summed E-state index contributed by atoms with van der Waals surface area (Å²) < 4.78 is 0. The Kier molecular flexibility index (Phi) is 5.50. The number of hydrogen-bond donors (Lipinski definition) is 2. The van der Waals surface area contributed by atoms with Crippen LogP contribution in [-0.2, 0) is 23.2 Å². The normalized spacial score (nSPS) is 21.9. The molecular formula is C26H28N2O. The Morgan fingerprint density at radius 1 is 1.00 bits per heavy atom. The van der Waals surface area contributed by atoms with Gasteiger partial charge in [0.2, 0.25) is 5.91 Å². The lowest BCUT2D eigenvalue weighted by Crippen LogP contribution is -2.56. The van der Waals surface area contributed by atoms with Gasteiger partial charge < -0.3 is 11.1 Å². The zero-order valence-corrected chi connectivity index (χ0v) is 16.8. The molecule has 0 fully saturated rings. The van der Waals surface area contributed by atoms with E-state index in [4.69, 9.17) is 5.73 Å². The van der Waals surface area contributed by atoms with E-state index in [-0.39, 0.29) is 17.9 Å². The van der Waals surface area contributed by atoms with Gasteiger partial charge in [0.1, 0.15) is 5.41 Å². The number of fused-ring (bicyclic) bond motifs is 1. The minimum atomic E-state index is -0.834. The van der Waals surface area contributed by atoms with Crippen LogP contribution in [-0.4, -0.2) is 11.9 Å². The smallest absolute Gasteiger partial charge is 0.232 e. The molecule has 0 saturated heterocycles. The number of primary amides is 1. The van der Waals surface area contributed by atoms with Crippen molar-refractivity contribution in [1.82, 2.24) is 5.32 Å². The Balaban J connectivity index is 1.77. The molecule has 3 nitrogen and oxygen atoms in total. The summed E-state index contributed by atoms with van der Waals surface area (Å²) in [6.45, 7) is 2.95.